The summed E-state index contributed by atoms with van der Waals surface area (Å²) in [5.41, 5.74) is 5.10. The standard InChI is InChI=1S/C15H16/c1-11(2)13-8-4-5-9-15(13)14-10-6-7-12(14)3/h4-11H,3H2,1-2H3. The van der Waals surface area contributed by atoms with E-state index in [4.69, 9.17) is 0 Å². The molecule has 0 nitrogen and oxygen atoms in total. The first-order valence-electron chi connectivity index (χ1n) is 5.37. The van der Waals surface area contributed by atoms with Gasteiger partial charge in [-0.1, -0.05) is 62.9 Å². The average molecular weight is 196 g/mol. The van der Waals surface area contributed by atoms with Crippen LogP contribution < -0.4 is 0 Å². The normalized spacial score (nSPS) is 14.9. The molecule has 0 saturated heterocycles. The summed E-state index contributed by atoms with van der Waals surface area (Å²) in [6.45, 7) is 8.51. The fraction of sp³-hybridized carbons (Fsp3) is 0.200. The van der Waals surface area contributed by atoms with Crippen LogP contribution in [0.15, 0.2) is 54.6 Å². The minimum atomic E-state index is 0.551. The molecule has 1 aromatic rings. The van der Waals surface area contributed by atoms with Gasteiger partial charge in [0, 0.05) is 0 Å². The van der Waals surface area contributed by atoms with Crippen LogP contribution in [-0.4, -0.2) is 0 Å². The van der Waals surface area contributed by atoms with E-state index in [0.29, 0.717) is 5.92 Å². The molecule has 1 aliphatic rings. The third-order valence-corrected chi connectivity index (χ3v) is 2.78. The molecule has 0 saturated carbocycles. The molecule has 0 N–H and O–H groups in total. The SMILES string of the molecule is C=C1C=CC=C1c1ccccc1C(C)C. The van der Waals surface area contributed by atoms with Gasteiger partial charge in [-0.15, -0.1) is 0 Å². The molecular formula is C15H16. The van der Waals surface area contributed by atoms with Crippen molar-refractivity contribution in [1.82, 2.24) is 0 Å². The minimum Gasteiger partial charge on any atom is -0.0911 e. The number of hydrogen-bond donors (Lipinski definition) is 0. The van der Waals surface area contributed by atoms with E-state index < -0.39 is 0 Å². The zero-order valence-electron chi connectivity index (χ0n) is 9.33. The number of allylic oxidation sites excluding steroid dienone is 5. The molecule has 0 spiro atoms. The molecule has 0 radical (unpaired) electrons. The molecule has 0 atom stereocenters. The van der Waals surface area contributed by atoms with Crippen molar-refractivity contribution >= 4 is 5.57 Å². The molecular weight excluding hydrogens is 180 g/mol. The Kier molecular flexibility index (Phi) is 2.59. The Morgan fingerprint density at radius 3 is 2.47 bits per heavy atom. The van der Waals surface area contributed by atoms with Crippen LogP contribution in [0.1, 0.15) is 30.9 Å². The van der Waals surface area contributed by atoms with Gasteiger partial charge in [-0.05, 0) is 28.2 Å². The van der Waals surface area contributed by atoms with Gasteiger partial charge in [0.2, 0.25) is 0 Å². The predicted octanol–water partition coefficient (Wildman–Crippen LogP) is 4.32. The fourth-order valence-electron chi connectivity index (χ4n) is 1.97. The van der Waals surface area contributed by atoms with Gasteiger partial charge in [-0.3, -0.25) is 0 Å². The lowest BCUT2D eigenvalue weighted by Crippen LogP contribution is -1.95. The number of benzene rings is 1. The van der Waals surface area contributed by atoms with Gasteiger partial charge < -0.3 is 0 Å². The molecule has 0 aliphatic heterocycles. The molecule has 0 unspecified atom stereocenters. The fourth-order valence-corrected chi connectivity index (χ4v) is 1.97. The molecule has 76 valence electrons. The summed E-state index contributed by atoms with van der Waals surface area (Å²) < 4.78 is 0. The second kappa shape index (κ2) is 3.90. The van der Waals surface area contributed by atoms with Crippen LogP contribution in [0.4, 0.5) is 0 Å². The highest BCUT2D eigenvalue weighted by molar-refractivity contribution is 5.86. The Morgan fingerprint density at radius 1 is 1.13 bits per heavy atom. The van der Waals surface area contributed by atoms with E-state index in [1.54, 1.807) is 0 Å². The molecule has 0 fully saturated rings. The maximum atomic E-state index is 4.06. The van der Waals surface area contributed by atoms with E-state index in [0.717, 1.165) is 5.57 Å². The highest BCUT2D eigenvalue weighted by Crippen LogP contribution is 2.32. The second-order valence-electron chi connectivity index (χ2n) is 4.21. The second-order valence-corrected chi connectivity index (χ2v) is 4.21. The first-order chi connectivity index (χ1) is 7.20. The third kappa shape index (κ3) is 1.80. The zero-order chi connectivity index (χ0) is 10.8. The van der Waals surface area contributed by atoms with Crippen LogP contribution in [-0.2, 0) is 0 Å². The monoisotopic (exact) mass is 196 g/mol. The van der Waals surface area contributed by atoms with Crippen LogP contribution >= 0.6 is 0 Å². The van der Waals surface area contributed by atoms with Crippen LogP contribution in [0, 0.1) is 0 Å². The highest BCUT2D eigenvalue weighted by Gasteiger charge is 2.12. The first kappa shape index (κ1) is 9.97. The largest absolute Gasteiger partial charge is 0.0911 e. The molecule has 0 heteroatoms. The minimum absolute atomic E-state index is 0.551. The molecule has 0 bridgehead atoms. The maximum absolute atomic E-state index is 4.06. The Bertz CT molecular complexity index is 445. The summed E-state index contributed by atoms with van der Waals surface area (Å²) in [4.78, 5) is 0. The number of hydrogen-bond acceptors (Lipinski definition) is 0. The molecule has 0 aromatic heterocycles. The Morgan fingerprint density at radius 2 is 1.87 bits per heavy atom. The summed E-state index contributed by atoms with van der Waals surface area (Å²) in [5.74, 6) is 0.551. The van der Waals surface area contributed by atoms with Crippen molar-refractivity contribution in [2.45, 2.75) is 19.8 Å². The van der Waals surface area contributed by atoms with Crippen molar-refractivity contribution in [1.29, 1.82) is 0 Å². The molecule has 0 amide bonds. The summed E-state index contributed by atoms with van der Waals surface area (Å²) in [6.07, 6.45) is 6.27. The van der Waals surface area contributed by atoms with Crippen LogP contribution in [0.3, 0.4) is 0 Å². The quantitative estimate of drug-likeness (QED) is 0.660. The molecule has 1 aliphatic carbocycles. The summed E-state index contributed by atoms with van der Waals surface area (Å²) >= 11 is 0. The summed E-state index contributed by atoms with van der Waals surface area (Å²) in [5, 5.41) is 0. The van der Waals surface area contributed by atoms with E-state index in [1.807, 2.05) is 0 Å². The van der Waals surface area contributed by atoms with Crippen molar-refractivity contribution < 1.29 is 0 Å². The van der Waals surface area contributed by atoms with Gasteiger partial charge in [-0.25, -0.2) is 0 Å². The maximum Gasteiger partial charge on any atom is -0.0115 e. The topological polar surface area (TPSA) is 0 Å². The lowest BCUT2D eigenvalue weighted by Gasteiger charge is -2.14. The van der Waals surface area contributed by atoms with Gasteiger partial charge in [0.1, 0.15) is 0 Å². The van der Waals surface area contributed by atoms with Gasteiger partial charge in [-0.2, -0.15) is 0 Å². The first-order valence-corrected chi connectivity index (χ1v) is 5.37. The van der Waals surface area contributed by atoms with Gasteiger partial charge in [0.05, 0.1) is 0 Å². The Hall–Kier alpha value is -1.56. The van der Waals surface area contributed by atoms with Crippen LogP contribution in [0.25, 0.3) is 5.57 Å². The summed E-state index contributed by atoms with van der Waals surface area (Å²) in [7, 11) is 0. The van der Waals surface area contributed by atoms with E-state index in [-0.39, 0.29) is 0 Å². The van der Waals surface area contributed by atoms with Crippen molar-refractivity contribution in [3.8, 4) is 0 Å². The third-order valence-electron chi connectivity index (χ3n) is 2.78. The van der Waals surface area contributed by atoms with Gasteiger partial charge in [0.15, 0.2) is 0 Å². The molecule has 15 heavy (non-hydrogen) atoms. The van der Waals surface area contributed by atoms with Crippen molar-refractivity contribution in [2.75, 3.05) is 0 Å². The average Bonchev–Trinajstić information content (AvgIpc) is 2.64. The van der Waals surface area contributed by atoms with Crippen molar-refractivity contribution in [3.05, 3.63) is 65.8 Å². The van der Waals surface area contributed by atoms with E-state index in [2.05, 4.69) is 62.9 Å². The Balaban J connectivity index is 2.49. The lowest BCUT2D eigenvalue weighted by molar-refractivity contribution is 0.863. The summed E-state index contributed by atoms with van der Waals surface area (Å²) in [6, 6.07) is 8.57. The van der Waals surface area contributed by atoms with Gasteiger partial charge in [0.25, 0.3) is 0 Å². The van der Waals surface area contributed by atoms with E-state index in [9.17, 15) is 0 Å². The van der Waals surface area contributed by atoms with Crippen molar-refractivity contribution in [3.63, 3.8) is 0 Å². The highest BCUT2D eigenvalue weighted by atomic mass is 14.2. The zero-order valence-corrected chi connectivity index (χ0v) is 9.33. The van der Waals surface area contributed by atoms with Gasteiger partial charge >= 0.3 is 0 Å². The van der Waals surface area contributed by atoms with Crippen LogP contribution in [0.5, 0.6) is 0 Å². The molecule has 0 heterocycles. The molecule has 2 rings (SSSR count). The van der Waals surface area contributed by atoms with Crippen LogP contribution in [0.2, 0.25) is 0 Å². The molecule has 1 aromatic carbocycles. The Labute approximate surface area is 91.6 Å². The van der Waals surface area contributed by atoms with Crippen molar-refractivity contribution in [2.24, 2.45) is 0 Å². The van der Waals surface area contributed by atoms with E-state index >= 15 is 0 Å². The lowest BCUT2D eigenvalue weighted by atomic mass is 9.91. The predicted molar refractivity (Wildman–Crippen MR) is 66.8 cm³/mol. The van der Waals surface area contributed by atoms with E-state index in [1.165, 1.54) is 16.7 Å². The smallest absolute Gasteiger partial charge is 0.0115 e. The number of rotatable bonds is 2.